The van der Waals surface area contributed by atoms with Gasteiger partial charge in [-0.2, -0.15) is 9.97 Å². The maximum absolute atomic E-state index is 5.86. The van der Waals surface area contributed by atoms with Crippen LogP contribution in [0.5, 0.6) is 11.8 Å². The van der Waals surface area contributed by atoms with Crippen LogP contribution >= 0.6 is 0 Å². The Kier molecular flexibility index (Phi) is 4.98. The Bertz CT molecular complexity index is 644. The van der Waals surface area contributed by atoms with Gasteiger partial charge in [0.15, 0.2) is 0 Å². The molecule has 0 spiro atoms. The van der Waals surface area contributed by atoms with E-state index < -0.39 is 0 Å². The molecular weight excluding hydrogens is 282 g/mol. The van der Waals surface area contributed by atoms with Crippen LogP contribution in [0.1, 0.15) is 13.8 Å². The highest BCUT2D eigenvalue weighted by atomic mass is 16.5. The molecule has 0 fully saturated rings. The molecular formula is C15H21N5O2. The normalized spacial score (nSPS) is 10.4. The maximum atomic E-state index is 5.86. The minimum absolute atomic E-state index is 0.220. The highest BCUT2D eigenvalue weighted by Crippen LogP contribution is 2.31. The molecule has 118 valence electrons. The monoisotopic (exact) mass is 303 g/mol. The number of hydrogen-bond acceptors (Lipinski definition) is 7. The molecule has 0 unspecified atom stereocenters. The van der Waals surface area contributed by atoms with E-state index in [4.69, 9.17) is 15.2 Å². The number of methoxy groups -OCH3 is 2. The number of nitrogens with two attached hydrogens (primary N) is 1. The first kappa shape index (κ1) is 15.8. The molecule has 2 rings (SSSR count). The van der Waals surface area contributed by atoms with Gasteiger partial charge in [-0.1, -0.05) is 0 Å². The average Bonchev–Trinajstić information content (AvgIpc) is 2.54. The summed E-state index contributed by atoms with van der Waals surface area (Å²) >= 11 is 0. The van der Waals surface area contributed by atoms with Crippen molar-refractivity contribution in [1.82, 2.24) is 15.0 Å². The molecule has 0 saturated carbocycles. The van der Waals surface area contributed by atoms with Gasteiger partial charge in [0, 0.05) is 25.2 Å². The van der Waals surface area contributed by atoms with E-state index in [0.717, 1.165) is 24.5 Å². The molecule has 0 atom stereocenters. The summed E-state index contributed by atoms with van der Waals surface area (Å²) in [5.41, 5.74) is 7.27. The van der Waals surface area contributed by atoms with Gasteiger partial charge < -0.3 is 20.1 Å². The van der Waals surface area contributed by atoms with E-state index in [2.05, 4.69) is 33.7 Å². The van der Waals surface area contributed by atoms with Crippen LogP contribution in [-0.4, -0.2) is 42.3 Å². The zero-order valence-electron chi connectivity index (χ0n) is 13.3. The molecule has 0 aliphatic rings. The Morgan fingerprint density at radius 1 is 1.05 bits per heavy atom. The Morgan fingerprint density at radius 3 is 2.36 bits per heavy atom. The van der Waals surface area contributed by atoms with Gasteiger partial charge in [-0.15, -0.1) is 0 Å². The summed E-state index contributed by atoms with van der Waals surface area (Å²) in [6.45, 7) is 5.81. The van der Waals surface area contributed by atoms with E-state index in [1.54, 1.807) is 20.3 Å². The van der Waals surface area contributed by atoms with Gasteiger partial charge in [0.05, 0.1) is 25.5 Å². The van der Waals surface area contributed by atoms with Crippen molar-refractivity contribution >= 4 is 11.8 Å². The van der Waals surface area contributed by atoms with Crippen LogP contribution in [-0.2, 0) is 0 Å². The molecule has 2 heterocycles. The average molecular weight is 303 g/mol. The third-order valence-corrected chi connectivity index (χ3v) is 3.33. The molecule has 7 heteroatoms. The van der Waals surface area contributed by atoms with Gasteiger partial charge in [-0.3, -0.25) is 0 Å². The predicted molar refractivity (Wildman–Crippen MR) is 86.3 cm³/mol. The first-order valence-corrected chi connectivity index (χ1v) is 7.11. The zero-order valence-corrected chi connectivity index (χ0v) is 13.3. The number of aromatic nitrogens is 3. The Balaban J connectivity index is 2.53. The van der Waals surface area contributed by atoms with Crippen LogP contribution in [0.15, 0.2) is 18.2 Å². The molecule has 0 bridgehead atoms. The van der Waals surface area contributed by atoms with E-state index >= 15 is 0 Å². The molecule has 0 saturated heterocycles. The number of ether oxygens (including phenoxy) is 2. The first-order valence-electron chi connectivity index (χ1n) is 7.11. The van der Waals surface area contributed by atoms with Crippen LogP contribution in [0.25, 0.3) is 11.3 Å². The topological polar surface area (TPSA) is 86.4 Å². The van der Waals surface area contributed by atoms with E-state index in [0.29, 0.717) is 17.5 Å². The predicted octanol–water partition coefficient (Wildman–Crippen LogP) is 1.98. The highest BCUT2D eigenvalue weighted by molar-refractivity contribution is 5.69. The van der Waals surface area contributed by atoms with E-state index in [1.165, 1.54) is 0 Å². The lowest BCUT2D eigenvalue weighted by atomic mass is 10.2. The molecule has 7 nitrogen and oxygen atoms in total. The summed E-state index contributed by atoms with van der Waals surface area (Å²) in [7, 11) is 3.11. The van der Waals surface area contributed by atoms with Crippen molar-refractivity contribution in [3.63, 3.8) is 0 Å². The fourth-order valence-corrected chi connectivity index (χ4v) is 2.19. The number of rotatable bonds is 6. The van der Waals surface area contributed by atoms with Crippen LogP contribution in [0.2, 0.25) is 0 Å². The van der Waals surface area contributed by atoms with Crippen LogP contribution in [0.3, 0.4) is 0 Å². The van der Waals surface area contributed by atoms with Gasteiger partial charge >= 0.3 is 0 Å². The molecule has 22 heavy (non-hydrogen) atoms. The second kappa shape index (κ2) is 6.93. The Hall–Kier alpha value is -2.57. The summed E-state index contributed by atoms with van der Waals surface area (Å²) in [5.74, 6) is 1.91. The minimum Gasteiger partial charge on any atom is -0.481 e. The van der Waals surface area contributed by atoms with Crippen molar-refractivity contribution in [2.24, 2.45) is 0 Å². The summed E-state index contributed by atoms with van der Waals surface area (Å²) in [4.78, 5) is 15.0. The maximum Gasteiger partial charge on any atom is 0.226 e. The number of anilines is 2. The van der Waals surface area contributed by atoms with Crippen LogP contribution in [0, 0.1) is 0 Å². The van der Waals surface area contributed by atoms with Crippen molar-refractivity contribution in [1.29, 1.82) is 0 Å². The lowest BCUT2D eigenvalue weighted by Crippen LogP contribution is -2.23. The Morgan fingerprint density at radius 2 is 1.77 bits per heavy atom. The minimum atomic E-state index is 0.220. The van der Waals surface area contributed by atoms with Crippen molar-refractivity contribution < 1.29 is 9.47 Å². The van der Waals surface area contributed by atoms with E-state index in [1.807, 2.05) is 12.1 Å². The third-order valence-electron chi connectivity index (χ3n) is 3.33. The molecule has 0 amide bonds. The lowest BCUT2D eigenvalue weighted by Gasteiger charge is -2.20. The highest BCUT2D eigenvalue weighted by Gasteiger charge is 2.14. The fraction of sp³-hybridized carbons (Fsp3) is 0.400. The fourth-order valence-electron chi connectivity index (χ4n) is 2.19. The van der Waals surface area contributed by atoms with Gasteiger partial charge in [0.1, 0.15) is 5.82 Å². The van der Waals surface area contributed by atoms with Crippen LogP contribution < -0.4 is 20.1 Å². The largest absolute Gasteiger partial charge is 0.481 e. The van der Waals surface area contributed by atoms with E-state index in [-0.39, 0.29) is 5.95 Å². The molecule has 0 radical (unpaired) electrons. The van der Waals surface area contributed by atoms with Crippen molar-refractivity contribution in [2.45, 2.75) is 13.8 Å². The number of pyridine rings is 1. The molecule has 0 aliphatic carbocycles. The number of nitrogens with zero attached hydrogens (tertiary/aromatic N) is 4. The summed E-state index contributed by atoms with van der Waals surface area (Å²) in [6.07, 6.45) is 0. The smallest absolute Gasteiger partial charge is 0.226 e. The second-order valence-corrected chi connectivity index (χ2v) is 4.55. The van der Waals surface area contributed by atoms with Crippen molar-refractivity contribution in [3.05, 3.63) is 18.2 Å². The van der Waals surface area contributed by atoms with Crippen LogP contribution in [0.4, 0.5) is 11.8 Å². The zero-order chi connectivity index (χ0) is 16.1. The van der Waals surface area contributed by atoms with Crippen molar-refractivity contribution in [2.75, 3.05) is 37.9 Å². The second-order valence-electron chi connectivity index (χ2n) is 4.55. The summed E-state index contributed by atoms with van der Waals surface area (Å²) in [5, 5.41) is 0. The number of hydrogen-bond donors (Lipinski definition) is 1. The van der Waals surface area contributed by atoms with Gasteiger partial charge in [0.25, 0.3) is 0 Å². The van der Waals surface area contributed by atoms with Gasteiger partial charge in [-0.25, -0.2) is 4.98 Å². The summed E-state index contributed by atoms with van der Waals surface area (Å²) in [6, 6.07) is 5.49. The SMILES string of the molecule is CCN(CC)c1cc(-c2ccc(OC)nc2OC)nc(N)n1. The molecule has 2 aromatic heterocycles. The van der Waals surface area contributed by atoms with E-state index in [9.17, 15) is 0 Å². The van der Waals surface area contributed by atoms with Gasteiger partial charge in [-0.05, 0) is 19.9 Å². The summed E-state index contributed by atoms with van der Waals surface area (Å²) < 4.78 is 10.4. The Labute approximate surface area is 130 Å². The van der Waals surface area contributed by atoms with Gasteiger partial charge in [0.2, 0.25) is 17.7 Å². The standard InChI is InChI=1S/C15H21N5O2/c1-5-20(6-2)12-9-11(17-15(16)18-12)10-7-8-13(21-3)19-14(10)22-4/h7-9H,5-6H2,1-4H3,(H2,16,17,18). The molecule has 2 aromatic rings. The first-order chi connectivity index (χ1) is 10.6. The third kappa shape index (κ3) is 3.19. The molecule has 0 aromatic carbocycles. The van der Waals surface area contributed by atoms with Crippen molar-refractivity contribution in [3.8, 4) is 23.0 Å². The molecule has 2 N–H and O–H groups in total. The molecule has 0 aliphatic heterocycles. The number of nitrogen functional groups attached to an aromatic ring is 1. The quantitative estimate of drug-likeness (QED) is 0.873. The lowest BCUT2D eigenvalue weighted by molar-refractivity contribution is 0.366.